The zero-order chi connectivity index (χ0) is 18.8. The number of nitrogens with zero attached hydrogens (tertiary/aromatic N) is 2. The highest BCUT2D eigenvalue weighted by Gasteiger charge is 2.19. The van der Waals surface area contributed by atoms with E-state index >= 15 is 0 Å². The Morgan fingerprint density at radius 2 is 2.00 bits per heavy atom. The van der Waals surface area contributed by atoms with E-state index in [1.165, 1.54) is 4.90 Å². The fourth-order valence-corrected chi connectivity index (χ4v) is 3.92. The summed E-state index contributed by atoms with van der Waals surface area (Å²) in [6.45, 7) is 2.64. The van der Waals surface area contributed by atoms with Gasteiger partial charge < -0.3 is 5.32 Å². The number of amides is 1. The molecular weight excluding hydrogens is 378 g/mol. The zero-order valence-electron chi connectivity index (χ0n) is 15.0. The molecule has 1 amide bonds. The van der Waals surface area contributed by atoms with Crippen molar-refractivity contribution in [3.05, 3.63) is 59.1 Å². The van der Waals surface area contributed by atoms with Crippen molar-refractivity contribution in [3.63, 3.8) is 0 Å². The number of hydrogen-bond acceptors (Lipinski definition) is 4. The first-order valence-electron chi connectivity index (χ1n) is 8.85. The lowest BCUT2D eigenvalue weighted by molar-refractivity contribution is -0.124. The van der Waals surface area contributed by atoms with Crippen LogP contribution in [-0.2, 0) is 11.3 Å². The van der Waals surface area contributed by atoms with Gasteiger partial charge in [-0.05, 0) is 42.2 Å². The predicted octanol–water partition coefficient (Wildman–Crippen LogP) is 4.21. The maximum Gasteiger partial charge on any atom is 0.234 e. The van der Waals surface area contributed by atoms with Crippen LogP contribution in [0.2, 0.25) is 5.02 Å². The van der Waals surface area contributed by atoms with Gasteiger partial charge in [-0.15, -0.1) is 11.8 Å². The molecule has 1 aromatic heterocycles. The molecule has 1 N–H and O–H groups in total. The number of benzene rings is 2. The first-order chi connectivity index (χ1) is 13.1. The van der Waals surface area contributed by atoms with Gasteiger partial charge in [-0.3, -0.25) is 9.69 Å². The molecule has 6 heteroatoms. The molecule has 2 heterocycles. The van der Waals surface area contributed by atoms with Gasteiger partial charge in [0.15, 0.2) is 0 Å². The van der Waals surface area contributed by atoms with Gasteiger partial charge >= 0.3 is 0 Å². The maximum atomic E-state index is 11.8. The third-order valence-corrected chi connectivity index (χ3v) is 5.71. The monoisotopic (exact) mass is 397 g/mol. The summed E-state index contributed by atoms with van der Waals surface area (Å²) in [5.41, 5.74) is 4.08. The van der Waals surface area contributed by atoms with E-state index in [-0.39, 0.29) is 5.91 Å². The highest BCUT2D eigenvalue weighted by atomic mass is 35.5. The Bertz CT molecular complexity index is 991. The average Bonchev–Trinajstić information content (AvgIpc) is 2.68. The lowest BCUT2D eigenvalue weighted by Gasteiger charge is -2.27. The molecule has 0 aliphatic carbocycles. The molecule has 0 saturated carbocycles. The maximum absolute atomic E-state index is 11.8. The number of pyridine rings is 1. The number of piperazine rings is 1. The van der Waals surface area contributed by atoms with Crippen molar-refractivity contribution >= 4 is 40.2 Å². The van der Waals surface area contributed by atoms with Crippen LogP contribution in [0.3, 0.4) is 0 Å². The number of fused-ring (bicyclic) bond motifs is 1. The number of aromatic nitrogens is 1. The fourth-order valence-electron chi connectivity index (χ4n) is 3.36. The van der Waals surface area contributed by atoms with Crippen LogP contribution in [0.15, 0.2) is 53.4 Å². The third-order valence-electron chi connectivity index (χ3n) is 4.73. The number of carbonyl (C=O) groups is 1. The number of nitrogens with one attached hydrogen (secondary N) is 1. The molecule has 1 aliphatic heterocycles. The van der Waals surface area contributed by atoms with Crippen LogP contribution in [0.5, 0.6) is 0 Å². The number of rotatable bonds is 4. The van der Waals surface area contributed by atoms with Gasteiger partial charge in [0, 0.05) is 40.5 Å². The van der Waals surface area contributed by atoms with Gasteiger partial charge in [-0.1, -0.05) is 29.8 Å². The highest BCUT2D eigenvalue weighted by Crippen LogP contribution is 2.29. The minimum absolute atomic E-state index is 0.0765. The molecule has 1 aliphatic rings. The van der Waals surface area contributed by atoms with Crippen LogP contribution in [0.25, 0.3) is 22.2 Å². The molecule has 27 heavy (non-hydrogen) atoms. The largest absolute Gasteiger partial charge is 0.354 e. The quantitative estimate of drug-likeness (QED) is 0.670. The van der Waals surface area contributed by atoms with Gasteiger partial charge in [0.1, 0.15) is 0 Å². The van der Waals surface area contributed by atoms with Crippen LogP contribution in [0.4, 0.5) is 0 Å². The summed E-state index contributed by atoms with van der Waals surface area (Å²) in [4.78, 5) is 20.1. The van der Waals surface area contributed by atoms with Gasteiger partial charge in [-0.25, -0.2) is 4.98 Å². The second-order valence-corrected chi connectivity index (χ2v) is 7.94. The highest BCUT2D eigenvalue weighted by molar-refractivity contribution is 7.98. The first kappa shape index (κ1) is 18.3. The van der Waals surface area contributed by atoms with E-state index in [4.69, 9.17) is 16.6 Å². The minimum atomic E-state index is 0.0765. The second-order valence-electron chi connectivity index (χ2n) is 6.62. The summed E-state index contributed by atoms with van der Waals surface area (Å²) >= 11 is 7.78. The number of carbonyl (C=O) groups excluding carboxylic acids is 1. The molecule has 0 atom stereocenters. The van der Waals surface area contributed by atoms with Crippen LogP contribution in [0, 0.1) is 0 Å². The molecule has 3 aromatic rings. The Balaban J connectivity index is 1.80. The lowest BCUT2D eigenvalue weighted by Crippen LogP contribution is -2.47. The van der Waals surface area contributed by atoms with Crippen molar-refractivity contribution < 1.29 is 4.79 Å². The molecule has 1 saturated heterocycles. The van der Waals surface area contributed by atoms with Gasteiger partial charge in [-0.2, -0.15) is 0 Å². The van der Waals surface area contributed by atoms with Crippen LogP contribution < -0.4 is 5.32 Å². The number of halogens is 1. The van der Waals surface area contributed by atoms with Crippen molar-refractivity contribution in [3.8, 4) is 11.3 Å². The smallest absolute Gasteiger partial charge is 0.234 e. The standard InChI is InChI=1S/C21H20ClN3OS/c1-27-18-7-4-15-10-16(12-25-9-8-23-20(26)13-25)21(24-19(15)11-18)14-2-5-17(22)6-3-14/h2-7,10-11H,8-9,12-13H2,1H3,(H,23,26). The third kappa shape index (κ3) is 4.10. The van der Waals surface area contributed by atoms with E-state index in [0.717, 1.165) is 34.3 Å². The first-order valence-corrected chi connectivity index (χ1v) is 10.5. The summed E-state index contributed by atoms with van der Waals surface area (Å²) in [5, 5.41) is 4.70. The summed E-state index contributed by atoms with van der Waals surface area (Å²) in [7, 11) is 0. The molecular formula is C21H20ClN3OS. The summed E-state index contributed by atoms with van der Waals surface area (Å²) in [5.74, 6) is 0.0765. The van der Waals surface area contributed by atoms with E-state index in [0.29, 0.717) is 24.7 Å². The summed E-state index contributed by atoms with van der Waals surface area (Å²) in [6, 6.07) is 16.3. The van der Waals surface area contributed by atoms with Crippen molar-refractivity contribution in [2.24, 2.45) is 0 Å². The van der Waals surface area contributed by atoms with Crippen molar-refractivity contribution in [2.75, 3.05) is 25.9 Å². The van der Waals surface area contributed by atoms with Crippen LogP contribution >= 0.6 is 23.4 Å². The molecule has 1 fully saturated rings. The molecule has 138 valence electrons. The lowest BCUT2D eigenvalue weighted by atomic mass is 10.0. The topological polar surface area (TPSA) is 45.2 Å². The van der Waals surface area contributed by atoms with E-state index < -0.39 is 0 Å². The number of thioether (sulfide) groups is 1. The zero-order valence-corrected chi connectivity index (χ0v) is 16.6. The van der Waals surface area contributed by atoms with Crippen LogP contribution in [-0.4, -0.2) is 41.7 Å². The van der Waals surface area contributed by atoms with Crippen molar-refractivity contribution in [1.29, 1.82) is 0 Å². The van der Waals surface area contributed by atoms with Gasteiger partial charge in [0.25, 0.3) is 0 Å². The second kappa shape index (κ2) is 7.89. The fraction of sp³-hybridized carbons (Fsp3) is 0.238. The number of hydrogen-bond donors (Lipinski definition) is 1. The minimum Gasteiger partial charge on any atom is -0.354 e. The van der Waals surface area contributed by atoms with Gasteiger partial charge in [0.2, 0.25) is 5.91 Å². The Hall–Kier alpha value is -2.08. The SMILES string of the molecule is CSc1ccc2cc(CN3CCNC(=O)C3)c(-c3ccc(Cl)cc3)nc2c1. The molecule has 4 nitrogen and oxygen atoms in total. The molecule has 0 bridgehead atoms. The van der Waals surface area contributed by atoms with Crippen molar-refractivity contribution in [2.45, 2.75) is 11.4 Å². The Labute approximate surface area is 167 Å². The molecule has 2 aromatic carbocycles. The predicted molar refractivity (Wildman–Crippen MR) is 112 cm³/mol. The van der Waals surface area contributed by atoms with E-state index in [1.807, 2.05) is 24.3 Å². The summed E-state index contributed by atoms with van der Waals surface area (Å²) < 4.78 is 0. The molecule has 0 spiro atoms. The van der Waals surface area contributed by atoms with Gasteiger partial charge in [0.05, 0.1) is 17.8 Å². The Morgan fingerprint density at radius 1 is 1.19 bits per heavy atom. The average molecular weight is 398 g/mol. The molecule has 4 rings (SSSR count). The molecule has 0 unspecified atom stereocenters. The summed E-state index contributed by atoms with van der Waals surface area (Å²) in [6.07, 6.45) is 2.07. The molecule has 0 radical (unpaired) electrons. The Kier molecular flexibility index (Phi) is 5.34. The van der Waals surface area contributed by atoms with E-state index in [9.17, 15) is 4.79 Å². The van der Waals surface area contributed by atoms with E-state index in [2.05, 4.69) is 40.7 Å². The Morgan fingerprint density at radius 3 is 2.74 bits per heavy atom. The van der Waals surface area contributed by atoms with E-state index in [1.54, 1.807) is 11.8 Å². The van der Waals surface area contributed by atoms with Crippen molar-refractivity contribution in [1.82, 2.24) is 15.2 Å². The van der Waals surface area contributed by atoms with Crippen LogP contribution in [0.1, 0.15) is 5.56 Å². The normalized spacial score (nSPS) is 15.1.